The summed E-state index contributed by atoms with van der Waals surface area (Å²) in [6.45, 7) is 2.96. The third-order valence-corrected chi connectivity index (χ3v) is 3.86. The Bertz CT molecular complexity index is 565. The molecule has 0 radical (unpaired) electrons. The molecule has 5 nitrogen and oxygen atoms in total. The van der Waals surface area contributed by atoms with Gasteiger partial charge in [0.15, 0.2) is 0 Å². The molecule has 0 aromatic heterocycles. The van der Waals surface area contributed by atoms with Crippen LogP contribution < -0.4 is 10.6 Å². The highest BCUT2D eigenvalue weighted by molar-refractivity contribution is 5.94. The highest BCUT2D eigenvalue weighted by Gasteiger charge is 2.39. The van der Waals surface area contributed by atoms with Gasteiger partial charge in [0, 0.05) is 31.8 Å². The second-order valence-corrected chi connectivity index (χ2v) is 5.62. The van der Waals surface area contributed by atoms with Crippen molar-refractivity contribution >= 4 is 11.6 Å². The van der Waals surface area contributed by atoms with Crippen LogP contribution in [-0.4, -0.2) is 42.0 Å². The van der Waals surface area contributed by atoms with E-state index in [0.717, 1.165) is 0 Å². The van der Waals surface area contributed by atoms with Crippen molar-refractivity contribution < 1.29 is 27.8 Å². The number of anilines is 1. The van der Waals surface area contributed by atoms with Crippen molar-refractivity contribution in [2.24, 2.45) is 0 Å². The van der Waals surface area contributed by atoms with Crippen molar-refractivity contribution in [1.29, 1.82) is 0 Å². The minimum atomic E-state index is -4.92. The third-order valence-electron chi connectivity index (χ3n) is 3.86. The average Bonchev–Trinajstić information content (AvgIpc) is 2.78. The number of amides is 1. The first kappa shape index (κ1) is 17.7. The van der Waals surface area contributed by atoms with Gasteiger partial charge >= 0.3 is 12.1 Å². The number of halogens is 3. The van der Waals surface area contributed by atoms with Crippen LogP contribution in [0.15, 0.2) is 24.3 Å². The summed E-state index contributed by atoms with van der Waals surface area (Å²) in [7, 11) is 0. The molecule has 1 fully saturated rings. The summed E-state index contributed by atoms with van der Waals surface area (Å²) >= 11 is 0. The maximum Gasteiger partial charge on any atom is 0.471 e. The van der Waals surface area contributed by atoms with Crippen molar-refractivity contribution in [3.63, 3.8) is 0 Å². The van der Waals surface area contributed by atoms with E-state index in [0.29, 0.717) is 31.7 Å². The fraction of sp³-hybridized carbons (Fsp3) is 0.533. The molecule has 2 atom stereocenters. The summed E-state index contributed by atoms with van der Waals surface area (Å²) in [5.74, 6) is -2.01. The van der Waals surface area contributed by atoms with Gasteiger partial charge in [-0.2, -0.15) is 13.2 Å². The van der Waals surface area contributed by atoms with Gasteiger partial charge in [-0.3, -0.25) is 4.79 Å². The maximum absolute atomic E-state index is 12.2. The number of aliphatic hydroxyl groups is 1. The fourth-order valence-electron chi connectivity index (χ4n) is 2.39. The normalized spacial score (nSPS) is 24.7. The van der Waals surface area contributed by atoms with Crippen LogP contribution >= 0.6 is 0 Å². The van der Waals surface area contributed by atoms with Crippen molar-refractivity contribution in [2.75, 3.05) is 18.5 Å². The van der Waals surface area contributed by atoms with Gasteiger partial charge in [-0.1, -0.05) is 12.1 Å². The summed E-state index contributed by atoms with van der Waals surface area (Å²) in [6.07, 6.45) is -4.66. The molecule has 1 saturated heterocycles. The van der Waals surface area contributed by atoms with E-state index in [1.807, 2.05) is 5.32 Å². The highest BCUT2D eigenvalue weighted by Crippen LogP contribution is 2.25. The number of hydrogen-bond acceptors (Lipinski definition) is 4. The van der Waals surface area contributed by atoms with Crippen molar-refractivity contribution in [2.45, 2.75) is 37.8 Å². The number of carbonyl (C=O) groups is 1. The van der Waals surface area contributed by atoms with E-state index in [-0.39, 0.29) is 11.8 Å². The van der Waals surface area contributed by atoms with Gasteiger partial charge in [-0.25, -0.2) is 0 Å². The zero-order chi connectivity index (χ0) is 17.1. The van der Waals surface area contributed by atoms with Crippen LogP contribution in [0, 0.1) is 0 Å². The maximum atomic E-state index is 12.2. The largest absolute Gasteiger partial charge is 0.471 e. The lowest BCUT2D eigenvalue weighted by Crippen LogP contribution is -2.45. The molecular weight excluding hydrogens is 313 g/mol. The smallest absolute Gasteiger partial charge is 0.386 e. The highest BCUT2D eigenvalue weighted by atomic mass is 19.4. The summed E-state index contributed by atoms with van der Waals surface area (Å²) in [6, 6.07) is 6.11. The van der Waals surface area contributed by atoms with E-state index in [1.54, 1.807) is 19.1 Å². The van der Waals surface area contributed by atoms with Crippen molar-refractivity contribution in [1.82, 2.24) is 5.32 Å². The molecule has 23 heavy (non-hydrogen) atoms. The molecule has 0 bridgehead atoms. The Morgan fingerprint density at radius 2 is 2.22 bits per heavy atom. The predicted molar refractivity (Wildman–Crippen MR) is 77.8 cm³/mol. The zero-order valence-corrected chi connectivity index (χ0v) is 12.6. The lowest BCUT2D eigenvalue weighted by molar-refractivity contribution is -0.167. The van der Waals surface area contributed by atoms with E-state index in [9.17, 15) is 23.1 Å². The molecule has 1 heterocycles. The van der Waals surface area contributed by atoms with Gasteiger partial charge in [0.2, 0.25) is 0 Å². The zero-order valence-electron chi connectivity index (χ0n) is 12.6. The Morgan fingerprint density at radius 1 is 1.48 bits per heavy atom. The van der Waals surface area contributed by atoms with E-state index in [4.69, 9.17) is 4.74 Å². The number of benzene rings is 1. The number of rotatable bonds is 5. The van der Waals surface area contributed by atoms with Gasteiger partial charge in [-0.15, -0.1) is 0 Å². The molecule has 3 N–H and O–H groups in total. The van der Waals surface area contributed by atoms with Crippen LogP contribution in [0.1, 0.15) is 18.9 Å². The summed E-state index contributed by atoms with van der Waals surface area (Å²) in [5.41, 5.74) is -0.176. The molecule has 8 heteroatoms. The third kappa shape index (κ3) is 4.66. The second-order valence-electron chi connectivity index (χ2n) is 5.62. The predicted octanol–water partition coefficient (Wildman–Crippen LogP) is 1.82. The minimum absolute atomic E-state index is 0.0721. The fourth-order valence-corrected chi connectivity index (χ4v) is 2.39. The molecule has 0 aliphatic carbocycles. The van der Waals surface area contributed by atoms with E-state index in [2.05, 4.69) is 5.32 Å². The molecule has 1 amide bonds. The van der Waals surface area contributed by atoms with E-state index >= 15 is 0 Å². The Labute approximate surface area is 131 Å². The van der Waals surface area contributed by atoms with Gasteiger partial charge in [0.05, 0.1) is 6.10 Å². The molecule has 1 aliphatic rings. The number of alkyl halides is 3. The molecule has 128 valence electrons. The van der Waals surface area contributed by atoms with Crippen LogP contribution in [0.5, 0.6) is 0 Å². The number of nitrogens with one attached hydrogen (secondary N) is 2. The molecule has 1 aromatic rings. The van der Waals surface area contributed by atoms with Gasteiger partial charge in [-0.05, 0) is 24.6 Å². The van der Waals surface area contributed by atoms with Crippen LogP contribution in [0.2, 0.25) is 0 Å². The van der Waals surface area contributed by atoms with Gasteiger partial charge in [0.25, 0.3) is 0 Å². The minimum Gasteiger partial charge on any atom is -0.386 e. The van der Waals surface area contributed by atoms with E-state index < -0.39 is 17.7 Å². The van der Waals surface area contributed by atoms with Crippen LogP contribution in [-0.2, 0) is 16.1 Å². The Balaban J connectivity index is 1.89. The monoisotopic (exact) mass is 332 g/mol. The molecule has 1 aromatic carbocycles. The average molecular weight is 332 g/mol. The lowest BCUT2D eigenvalue weighted by Gasteiger charge is -2.26. The summed E-state index contributed by atoms with van der Waals surface area (Å²) in [4.78, 5) is 10.9. The molecular formula is C15H19F3N2O3. The topological polar surface area (TPSA) is 70.6 Å². The van der Waals surface area contributed by atoms with E-state index in [1.165, 1.54) is 12.1 Å². The summed E-state index contributed by atoms with van der Waals surface area (Å²) in [5, 5.41) is 15.2. The standard InChI is InChI=1S/C15H19F3N2O3/c1-10-14(22,5-6-23-10)9-19-8-11-3-2-4-12(7-11)20-13(21)15(16,17)18/h2-4,7,10,19,22H,5-6,8-9H2,1H3,(H,20,21). The SMILES string of the molecule is CC1OCCC1(O)CNCc1cccc(NC(=O)C(F)(F)F)c1. The van der Waals surface area contributed by atoms with Crippen molar-refractivity contribution in [3.8, 4) is 0 Å². The van der Waals surface area contributed by atoms with Gasteiger partial charge < -0.3 is 20.5 Å². The Kier molecular flexibility index (Phi) is 5.28. The van der Waals surface area contributed by atoms with Crippen LogP contribution in [0.4, 0.5) is 18.9 Å². The summed E-state index contributed by atoms with van der Waals surface area (Å²) < 4.78 is 42.0. The molecule has 0 spiro atoms. The number of ether oxygens (including phenoxy) is 1. The molecule has 2 unspecified atom stereocenters. The Morgan fingerprint density at radius 3 is 2.83 bits per heavy atom. The first-order valence-electron chi connectivity index (χ1n) is 7.22. The van der Waals surface area contributed by atoms with Crippen LogP contribution in [0.25, 0.3) is 0 Å². The molecule has 2 rings (SSSR count). The Hall–Kier alpha value is -1.64. The van der Waals surface area contributed by atoms with Gasteiger partial charge in [0.1, 0.15) is 5.60 Å². The van der Waals surface area contributed by atoms with Crippen molar-refractivity contribution in [3.05, 3.63) is 29.8 Å². The quantitative estimate of drug-likeness (QED) is 0.769. The first-order chi connectivity index (χ1) is 10.7. The lowest BCUT2D eigenvalue weighted by atomic mass is 9.96. The second kappa shape index (κ2) is 6.86. The first-order valence-corrected chi connectivity index (χ1v) is 7.22. The molecule has 0 saturated carbocycles. The number of hydrogen-bond donors (Lipinski definition) is 3. The van der Waals surface area contributed by atoms with Crippen LogP contribution in [0.3, 0.4) is 0 Å². The molecule has 1 aliphatic heterocycles. The number of carbonyl (C=O) groups excluding carboxylic acids is 1.